The first kappa shape index (κ1) is 21.3. The van der Waals surface area contributed by atoms with Gasteiger partial charge in [-0.1, -0.05) is 11.6 Å². The summed E-state index contributed by atoms with van der Waals surface area (Å²) in [5.41, 5.74) is -0.525. The minimum absolute atomic E-state index is 0.00239. The Hall–Kier alpha value is -2.02. The van der Waals surface area contributed by atoms with Crippen molar-refractivity contribution in [2.75, 3.05) is 13.2 Å². The SMILES string of the molecule is CC(C)(C)OC(=O)NC1CCC(CNC(=O)COc2ccc(Cl)c(F)c2)C1. The van der Waals surface area contributed by atoms with E-state index in [9.17, 15) is 14.0 Å². The average Bonchev–Trinajstić information content (AvgIpc) is 2.99. The van der Waals surface area contributed by atoms with Crippen molar-refractivity contribution in [2.24, 2.45) is 5.92 Å². The second kappa shape index (κ2) is 9.26. The van der Waals surface area contributed by atoms with Gasteiger partial charge in [-0.2, -0.15) is 0 Å². The molecule has 0 spiro atoms. The number of alkyl carbamates (subject to hydrolysis) is 1. The van der Waals surface area contributed by atoms with Gasteiger partial charge >= 0.3 is 6.09 Å². The molecule has 0 saturated heterocycles. The van der Waals surface area contributed by atoms with Crippen LogP contribution in [0.3, 0.4) is 0 Å². The molecule has 1 saturated carbocycles. The molecule has 2 N–H and O–H groups in total. The molecule has 2 amide bonds. The van der Waals surface area contributed by atoms with Crippen LogP contribution in [0.5, 0.6) is 5.75 Å². The van der Waals surface area contributed by atoms with Gasteiger partial charge in [0.2, 0.25) is 0 Å². The van der Waals surface area contributed by atoms with Crippen LogP contribution in [-0.2, 0) is 9.53 Å². The summed E-state index contributed by atoms with van der Waals surface area (Å²) in [6.07, 6.45) is 2.12. The van der Waals surface area contributed by atoms with Gasteiger partial charge in [-0.15, -0.1) is 0 Å². The summed E-state index contributed by atoms with van der Waals surface area (Å²) in [4.78, 5) is 23.7. The van der Waals surface area contributed by atoms with E-state index in [2.05, 4.69) is 10.6 Å². The highest BCUT2D eigenvalue weighted by atomic mass is 35.5. The third-order valence-corrected chi connectivity index (χ3v) is 4.42. The number of hydrogen-bond donors (Lipinski definition) is 2. The van der Waals surface area contributed by atoms with E-state index in [0.29, 0.717) is 6.54 Å². The highest BCUT2D eigenvalue weighted by Gasteiger charge is 2.27. The standard InChI is InChI=1S/C19H26ClFN2O4/c1-19(2,3)27-18(25)23-13-5-4-12(8-13)10-22-17(24)11-26-14-6-7-15(20)16(21)9-14/h6-7,9,12-13H,4-5,8,10-11H2,1-3H3,(H,22,24)(H,23,25). The number of halogens is 2. The average molecular weight is 401 g/mol. The fourth-order valence-electron chi connectivity index (χ4n) is 2.89. The van der Waals surface area contributed by atoms with Crippen molar-refractivity contribution in [2.45, 2.75) is 51.7 Å². The van der Waals surface area contributed by atoms with Gasteiger partial charge < -0.3 is 20.1 Å². The monoisotopic (exact) mass is 400 g/mol. The number of rotatable bonds is 6. The quantitative estimate of drug-likeness (QED) is 0.763. The van der Waals surface area contributed by atoms with Crippen LogP contribution in [0.2, 0.25) is 5.02 Å². The Balaban J connectivity index is 1.66. The van der Waals surface area contributed by atoms with Crippen LogP contribution in [0.15, 0.2) is 18.2 Å². The van der Waals surface area contributed by atoms with E-state index in [-0.39, 0.29) is 35.2 Å². The number of carbonyl (C=O) groups is 2. The van der Waals surface area contributed by atoms with Gasteiger partial charge in [-0.3, -0.25) is 4.79 Å². The minimum Gasteiger partial charge on any atom is -0.484 e. The van der Waals surface area contributed by atoms with Crippen LogP contribution >= 0.6 is 11.6 Å². The van der Waals surface area contributed by atoms with Crippen molar-refractivity contribution >= 4 is 23.6 Å². The third kappa shape index (κ3) is 7.62. The van der Waals surface area contributed by atoms with Crippen molar-refractivity contribution in [3.8, 4) is 5.75 Å². The number of hydrogen-bond acceptors (Lipinski definition) is 4. The first-order valence-electron chi connectivity index (χ1n) is 8.96. The molecule has 2 unspecified atom stereocenters. The molecule has 6 nitrogen and oxygen atoms in total. The van der Waals surface area contributed by atoms with Gasteiger partial charge in [-0.05, 0) is 58.1 Å². The Morgan fingerprint density at radius 1 is 1.30 bits per heavy atom. The molecular formula is C19H26ClFN2O4. The number of amides is 2. The Labute approximate surface area is 163 Å². The van der Waals surface area contributed by atoms with Crippen LogP contribution in [0.25, 0.3) is 0 Å². The molecule has 27 heavy (non-hydrogen) atoms. The Morgan fingerprint density at radius 2 is 2.04 bits per heavy atom. The Morgan fingerprint density at radius 3 is 2.70 bits per heavy atom. The Bertz CT molecular complexity index is 678. The molecule has 8 heteroatoms. The second-order valence-electron chi connectivity index (χ2n) is 7.69. The van der Waals surface area contributed by atoms with E-state index >= 15 is 0 Å². The predicted octanol–water partition coefficient (Wildman–Crippen LogP) is 3.67. The molecule has 2 rings (SSSR count). The van der Waals surface area contributed by atoms with Crippen molar-refractivity contribution in [3.63, 3.8) is 0 Å². The van der Waals surface area contributed by atoms with Crippen molar-refractivity contribution in [3.05, 3.63) is 29.0 Å². The van der Waals surface area contributed by atoms with E-state index in [0.717, 1.165) is 25.3 Å². The molecule has 0 radical (unpaired) electrons. The lowest BCUT2D eigenvalue weighted by atomic mass is 10.1. The van der Waals surface area contributed by atoms with Crippen LogP contribution in [-0.4, -0.2) is 36.8 Å². The van der Waals surface area contributed by atoms with Gasteiger partial charge in [0.05, 0.1) is 5.02 Å². The summed E-state index contributed by atoms with van der Waals surface area (Å²) in [5, 5.41) is 5.67. The molecule has 1 aliphatic carbocycles. The summed E-state index contributed by atoms with van der Waals surface area (Å²) in [6, 6.07) is 4.07. The molecule has 0 aromatic heterocycles. The van der Waals surface area contributed by atoms with E-state index in [1.54, 1.807) is 0 Å². The van der Waals surface area contributed by atoms with Gasteiger partial charge in [-0.25, -0.2) is 9.18 Å². The zero-order valence-corrected chi connectivity index (χ0v) is 16.6. The van der Waals surface area contributed by atoms with Crippen LogP contribution < -0.4 is 15.4 Å². The summed E-state index contributed by atoms with van der Waals surface area (Å²) in [7, 11) is 0. The molecular weight excluding hydrogens is 375 g/mol. The molecule has 2 atom stereocenters. The van der Waals surface area contributed by atoms with Gasteiger partial charge in [0, 0.05) is 18.7 Å². The van der Waals surface area contributed by atoms with Gasteiger partial charge in [0.1, 0.15) is 17.2 Å². The van der Waals surface area contributed by atoms with E-state index in [1.807, 2.05) is 20.8 Å². The predicted molar refractivity (Wildman–Crippen MR) is 100 cm³/mol. The molecule has 0 heterocycles. The number of benzene rings is 1. The zero-order chi connectivity index (χ0) is 20.0. The topological polar surface area (TPSA) is 76.7 Å². The maximum Gasteiger partial charge on any atom is 0.407 e. The third-order valence-electron chi connectivity index (χ3n) is 4.11. The molecule has 0 bridgehead atoms. The largest absolute Gasteiger partial charge is 0.484 e. The number of nitrogens with one attached hydrogen (secondary N) is 2. The lowest BCUT2D eigenvalue weighted by molar-refractivity contribution is -0.123. The molecule has 1 aliphatic rings. The molecule has 1 fully saturated rings. The highest BCUT2D eigenvalue weighted by molar-refractivity contribution is 6.30. The maximum atomic E-state index is 13.3. The fourth-order valence-corrected chi connectivity index (χ4v) is 3.01. The van der Waals surface area contributed by atoms with E-state index in [1.165, 1.54) is 12.1 Å². The van der Waals surface area contributed by atoms with E-state index < -0.39 is 17.5 Å². The maximum absolute atomic E-state index is 13.3. The normalized spacial score (nSPS) is 19.4. The number of ether oxygens (including phenoxy) is 2. The zero-order valence-electron chi connectivity index (χ0n) is 15.8. The van der Waals surface area contributed by atoms with E-state index in [4.69, 9.17) is 21.1 Å². The minimum atomic E-state index is -0.593. The van der Waals surface area contributed by atoms with Gasteiger partial charge in [0.25, 0.3) is 5.91 Å². The first-order valence-corrected chi connectivity index (χ1v) is 9.34. The molecule has 1 aromatic rings. The molecule has 0 aliphatic heterocycles. The lowest BCUT2D eigenvalue weighted by Crippen LogP contribution is -2.38. The molecule has 1 aromatic carbocycles. The van der Waals surface area contributed by atoms with Crippen LogP contribution in [0.4, 0.5) is 9.18 Å². The second-order valence-corrected chi connectivity index (χ2v) is 8.10. The first-order chi connectivity index (χ1) is 12.6. The fraction of sp³-hybridized carbons (Fsp3) is 0.579. The Kier molecular flexibility index (Phi) is 7.30. The summed E-state index contributed by atoms with van der Waals surface area (Å²) < 4.78 is 23.8. The summed E-state index contributed by atoms with van der Waals surface area (Å²) in [6.45, 7) is 5.76. The van der Waals surface area contributed by atoms with Crippen molar-refractivity contribution < 1.29 is 23.5 Å². The summed E-state index contributed by atoms with van der Waals surface area (Å²) >= 11 is 5.60. The van der Waals surface area contributed by atoms with Gasteiger partial charge in [0.15, 0.2) is 6.61 Å². The number of carbonyl (C=O) groups excluding carboxylic acids is 2. The van der Waals surface area contributed by atoms with Crippen molar-refractivity contribution in [1.29, 1.82) is 0 Å². The molecule has 150 valence electrons. The lowest BCUT2D eigenvalue weighted by Gasteiger charge is -2.21. The van der Waals surface area contributed by atoms with Crippen LogP contribution in [0, 0.1) is 11.7 Å². The highest BCUT2D eigenvalue weighted by Crippen LogP contribution is 2.25. The summed E-state index contributed by atoms with van der Waals surface area (Å²) in [5.74, 6) is -0.352. The van der Waals surface area contributed by atoms with Crippen molar-refractivity contribution in [1.82, 2.24) is 10.6 Å². The van der Waals surface area contributed by atoms with Crippen LogP contribution in [0.1, 0.15) is 40.0 Å². The smallest absolute Gasteiger partial charge is 0.407 e.